The highest BCUT2D eigenvalue weighted by Crippen LogP contribution is 2.08. The third kappa shape index (κ3) is 12.9. The number of hydrogen-bond acceptors (Lipinski definition) is 8. The van der Waals surface area contributed by atoms with Crippen molar-refractivity contribution in [3.63, 3.8) is 0 Å². The number of carboxylic acid groups (broad SMARTS) is 2. The number of rotatable bonds is 19. The molecule has 1 aromatic carbocycles. The van der Waals surface area contributed by atoms with Crippen LogP contribution in [-0.2, 0) is 30.4 Å². The Hall–Kier alpha value is -3.16. The van der Waals surface area contributed by atoms with Crippen LogP contribution in [0.3, 0.4) is 0 Å². The smallest absolute Gasteiger partial charge is 0.326 e. The molecule has 0 heterocycles. The summed E-state index contributed by atoms with van der Waals surface area (Å²) in [6.45, 7) is 0.483. The third-order valence-corrected chi connectivity index (χ3v) is 6.37. The first-order chi connectivity index (χ1) is 18.1. The summed E-state index contributed by atoms with van der Waals surface area (Å²) in [5.41, 5.74) is 12.2. The minimum Gasteiger partial charge on any atom is -0.481 e. The van der Waals surface area contributed by atoms with E-state index in [2.05, 4.69) is 16.0 Å². The maximum atomic E-state index is 13.2. The van der Waals surface area contributed by atoms with Crippen molar-refractivity contribution in [1.82, 2.24) is 16.0 Å². The third-order valence-electron chi connectivity index (χ3n) is 5.73. The van der Waals surface area contributed by atoms with Crippen molar-refractivity contribution in [1.29, 1.82) is 0 Å². The molecule has 1 aromatic rings. The number of carbonyl (C=O) groups excluding carboxylic acids is 3. The summed E-state index contributed by atoms with van der Waals surface area (Å²) in [4.78, 5) is 61.4. The van der Waals surface area contributed by atoms with Gasteiger partial charge >= 0.3 is 11.9 Å². The summed E-state index contributed by atoms with van der Waals surface area (Å²) >= 11 is 1.48. The highest BCUT2D eigenvalue weighted by Gasteiger charge is 2.30. The average Bonchev–Trinajstić information content (AvgIpc) is 2.88. The molecule has 0 spiro atoms. The van der Waals surface area contributed by atoms with Gasteiger partial charge in [0.2, 0.25) is 17.7 Å². The van der Waals surface area contributed by atoms with Crippen LogP contribution < -0.4 is 27.4 Å². The Morgan fingerprint density at radius 3 is 2.03 bits per heavy atom. The Morgan fingerprint density at radius 2 is 1.45 bits per heavy atom. The fourth-order valence-electron chi connectivity index (χ4n) is 3.55. The molecule has 38 heavy (non-hydrogen) atoms. The predicted octanol–water partition coefficient (Wildman–Crippen LogP) is -0.158. The maximum Gasteiger partial charge on any atom is 0.326 e. The lowest BCUT2D eigenvalue weighted by Gasteiger charge is -2.25. The lowest BCUT2D eigenvalue weighted by molar-refractivity contribution is -0.143. The Labute approximate surface area is 226 Å². The predicted molar refractivity (Wildman–Crippen MR) is 144 cm³/mol. The van der Waals surface area contributed by atoms with Gasteiger partial charge < -0.3 is 37.6 Å². The van der Waals surface area contributed by atoms with Gasteiger partial charge in [0.25, 0.3) is 0 Å². The molecule has 0 fully saturated rings. The number of carbonyl (C=O) groups is 5. The molecule has 0 aliphatic heterocycles. The highest BCUT2D eigenvalue weighted by molar-refractivity contribution is 7.98. The summed E-state index contributed by atoms with van der Waals surface area (Å²) < 4.78 is 0. The zero-order valence-corrected chi connectivity index (χ0v) is 22.4. The van der Waals surface area contributed by atoms with E-state index in [1.165, 1.54) is 11.8 Å². The molecule has 12 nitrogen and oxygen atoms in total. The molecule has 1 rings (SSSR count). The molecule has 4 unspecified atom stereocenters. The van der Waals surface area contributed by atoms with E-state index in [0.717, 1.165) is 6.42 Å². The SMILES string of the molecule is CSCCC(NC(=O)C(N)CCCCN)C(=O)NC(Cc1ccccc1)C(=O)NC(CCC(=O)O)C(=O)O. The molecule has 0 radical (unpaired) electrons. The monoisotopic (exact) mass is 553 g/mol. The fraction of sp³-hybridized carbons (Fsp3) is 0.560. The Morgan fingerprint density at radius 1 is 0.842 bits per heavy atom. The van der Waals surface area contributed by atoms with Gasteiger partial charge in [0.05, 0.1) is 6.04 Å². The van der Waals surface area contributed by atoms with Crippen molar-refractivity contribution in [3.8, 4) is 0 Å². The first kappa shape index (κ1) is 32.9. The molecule has 9 N–H and O–H groups in total. The lowest BCUT2D eigenvalue weighted by Crippen LogP contribution is -2.57. The summed E-state index contributed by atoms with van der Waals surface area (Å²) in [5, 5.41) is 26.0. The van der Waals surface area contributed by atoms with Gasteiger partial charge in [0.1, 0.15) is 18.1 Å². The van der Waals surface area contributed by atoms with Gasteiger partial charge in [0, 0.05) is 12.8 Å². The van der Waals surface area contributed by atoms with Gasteiger partial charge in [-0.05, 0) is 49.8 Å². The van der Waals surface area contributed by atoms with Crippen LogP contribution in [0.1, 0.15) is 44.1 Å². The van der Waals surface area contributed by atoms with Gasteiger partial charge in [-0.25, -0.2) is 4.79 Å². The van der Waals surface area contributed by atoms with E-state index in [-0.39, 0.29) is 19.3 Å². The van der Waals surface area contributed by atoms with E-state index in [1.54, 1.807) is 30.3 Å². The minimum absolute atomic E-state index is 0.0471. The molecule has 0 aliphatic rings. The lowest BCUT2D eigenvalue weighted by atomic mass is 10.0. The quantitative estimate of drug-likeness (QED) is 0.112. The van der Waals surface area contributed by atoms with Gasteiger partial charge in [-0.15, -0.1) is 0 Å². The second-order valence-corrected chi connectivity index (χ2v) is 9.80. The van der Waals surface area contributed by atoms with Gasteiger partial charge in [-0.3, -0.25) is 19.2 Å². The van der Waals surface area contributed by atoms with Crippen LogP contribution in [0.5, 0.6) is 0 Å². The van der Waals surface area contributed by atoms with Crippen LogP contribution in [0.25, 0.3) is 0 Å². The van der Waals surface area contributed by atoms with E-state index in [0.29, 0.717) is 30.7 Å². The second-order valence-electron chi connectivity index (χ2n) is 8.82. The minimum atomic E-state index is -1.45. The number of nitrogens with two attached hydrogens (primary N) is 2. The fourth-order valence-corrected chi connectivity index (χ4v) is 4.02. The number of benzene rings is 1. The number of thioether (sulfide) groups is 1. The summed E-state index contributed by atoms with van der Waals surface area (Å²) in [6, 6.07) is 4.38. The first-order valence-electron chi connectivity index (χ1n) is 12.4. The Bertz CT molecular complexity index is 919. The zero-order valence-electron chi connectivity index (χ0n) is 21.6. The number of amides is 3. The molecule has 13 heteroatoms. The summed E-state index contributed by atoms with van der Waals surface area (Å²) in [5.74, 6) is -3.94. The molecule has 0 bridgehead atoms. The standard InChI is InChI=1S/C25H39N5O7S/c1-38-14-12-18(28-22(33)17(27)9-5-6-13-26)23(34)30-20(15-16-7-3-2-4-8-16)24(35)29-19(25(36)37)10-11-21(31)32/h2-4,7-8,17-20H,5-6,9-15,26-27H2,1H3,(H,28,33)(H,29,35)(H,30,34)(H,31,32)(H,36,37). The van der Waals surface area contributed by atoms with Crippen LogP contribution in [0.4, 0.5) is 0 Å². The van der Waals surface area contributed by atoms with Crippen molar-refractivity contribution in [2.75, 3.05) is 18.6 Å². The van der Waals surface area contributed by atoms with E-state index >= 15 is 0 Å². The zero-order chi connectivity index (χ0) is 28.5. The van der Waals surface area contributed by atoms with E-state index in [9.17, 15) is 29.1 Å². The Kier molecular flexibility index (Phi) is 15.7. The first-order valence-corrected chi connectivity index (χ1v) is 13.8. The average molecular weight is 554 g/mol. The topological polar surface area (TPSA) is 214 Å². The van der Waals surface area contributed by atoms with Gasteiger partial charge in [0.15, 0.2) is 0 Å². The van der Waals surface area contributed by atoms with E-state index < -0.39 is 60.2 Å². The number of aliphatic carboxylic acids is 2. The normalized spacial score (nSPS) is 14.0. The second kappa shape index (κ2) is 18.2. The molecule has 4 atom stereocenters. The van der Waals surface area contributed by atoms with Crippen molar-refractivity contribution in [3.05, 3.63) is 35.9 Å². The molecular formula is C25H39N5O7S. The molecule has 0 saturated carbocycles. The van der Waals surface area contributed by atoms with Crippen LogP contribution in [0.2, 0.25) is 0 Å². The van der Waals surface area contributed by atoms with Crippen LogP contribution in [0, 0.1) is 0 Å². The molecular weight excluding hydrogens is 514 g/mol. The largest absolute Gasteiger partial charge is 0.481 e. The molecule has 0 saturated heterocycles. The van der Waals surface area contributed by atoms with Gasteiger partial charge in [-0.2, -0.15) is 11.8 Å². The van der Waals surface area contributed by atoms with Crippen LogP contribution >= 0.6 is 11.8 Å². The Balaban J connectivity index is 3.05. The molecule has 0 aromatic heterocycles. The number of carboxylic acids is 2. The van der Waals surface area contributed by atoms with Crippen molar-refractivity contribution in [2.45, 2.75) is 69.1 Å². The maximum absolute atomic E-state index is 13.2. The van der Waals surface area contributed by atoms with Crippen molar-refractivity contribution in [2.24, 2.45) is 11.5 Å². The molecule has 0 aliphatic carbocycles. The summed E-state index contributed by atoms with van der Waals surface area (Å²) in [6.07, 6.45) is 3.19. The van der Waals surface area contributed by atoms with Crippen molar-refractivity contribution >= 4 is 41.4 Å². The number of unbranched alkanes of at least 4 members (excludes halogenated alkanes) is 1. The van der Waals surface area contributed by atoms with E-state index in [4.69, 9.17) is 16.6 Å². The van der Waals surface area contributed by atoms with Gasteiger partial charge in [-0.1, -0.05) is 36.8 Å². The van der Waals surface area contributed by atoms with Crippen molar-refractivity contribution < 1.29 is 34.2 Å². The number of hydrogen-bond donors (Lipinski definition) is 7. The number of nitrogens with one attached hydrogen (secondary N) is 3. The molecule has 212 valence electrons. The van der Waals surface area contributed by atoms with Crippen LogP contribution in [-0.4, -0.2) is 82.6 Å². The van der Waals surface area contributed by atoms with Crippen LogP contribution in [0.15, 0.2) is 30.3 Å². The van der Waals surface area contributed by atoms with E-state index in [1.807, 2.05) is 6.26 Å². The summed E-state index contributed by atoms with van der Waals surface area (Å²) in [7, 11) is 0. The molecule has 3 amide bonds. The highest BCUT2D eigenvalue weighted by atomic mass is 32.2.